The summed E-state index contributed by atoms with van der Waals surface area (Å²) in [6.45, 7) is 3.72. The quantitative estimate of drug-likeness (QED) is 0.273. The van der Waals surface area contributed by atoms with E-state index in [4.69, 9.17) is 0 Å². The third-order valence-electron chi connectivity index (χ3n) is 8.55. The monoisotopic (exact) mass is 492 g/mol. The molecule has 1 aliphatic heterocycles. The molecule has 7 nitrogen and oxygen atoms in total. The highest BCUT2D eigenvalue weighted by atomic mass is 16.6. The molecule has 184 valence electrons. The van der Waals surface area contributed by atoms with E-state index in [0.717, 1.165) is 27.2 Å². The molecule has 1 saturated heterocycles. The molecule has 3 aromatic carbocycles. The van der Waals surface area contributed by atoms with Gasteiger partial charge in [-0.15, -0.1) is 0 Å². The first kappa shape index (κ1) is 23.0. The number of Topliss-reactive ketones (excluding diaryl/α,β-unsaturated/α-hetero) is 1. The number of hydrogen-bond acceptors (Lipinski definition) is 5. The third kappa shape index (κ3) is 2.74. The fourth-order valence-electron chi connectivity index (χ4n) is 7.11. The number of carbonyl (C=O) groups excluding carboxylic acids is 3. The Hall–Kier alpha value is -4.39. The molecule has 2 amide bonds. The second kappa shape index (κ2) is 7.80. The Labute approximate surface area is 213 Å². The summed E-state index contributed by atoms with van der Waals surface area (Å²) in [4.78, 5) is 54.3. The second-order valence-corrected chi connectivity index (χ2v) is 10.1. The van der Waals surface area contributed by atoms with Crippen LogP contribution in [0.25, 0.3) is 11.1 Å². The molecule has 0 radical (unpaired) electrons. The van der Waals surface area contributed by atoms with Crippen molar-refractivity contribution in [3.8, 4) is 0 Å². The molecule has 7 heteroatoms. The molecule has 0 aromatic heterocycles. The molecule has 3 aliphatic rings. The summed E-state index contributed by atoms with van der Waals surface area (Å²) in [5.74, 6) is -2.65. The minimum atomic E-state index is -1.20. The van der Waals surface area contributed by atoms with Crippen molar-refractivity contribution < 1.29 is 19.3 Å². The molecule has 37 heavy (non-hydrogen) atoms. The standard InChI is InChI=1S/C30H24N2O5/c1-3-30-23(19-12-8-5-9-13-19)22(18-10-6-4-7-11-18)29(2,28(30)35)24-25(30)27(34)31(26(24)33)20-14-16-21(17-15-20)32(36)37/h4-17,24-25H,3H2,1-2H3/t24-,25+,29-,30+/m0/s1. The van der Waals surface area contributed by atoms with Crippen LogP contribution in [-0.4, -0.2) is 22.5 Å². The Balaban J connectivity index is 1.60. The van der Waals surface area contributed by atoms with Crippen LogP contribution >= 0.6 is 0 Å². The van der Waals surface area contributed by atoms with E-state index in [1.807, 2.05) is 74.5 Å². The van der Waals surface area contributed by atoms with Gasteiger partial charge in [-0.2, -0.15) is 0 Å². The van der Waals surface area contributed by atoms with Crippen molar-refractivity contribution >= 4 is 40.1 Å². The summed E-state index contributed by atoms with van der Waals surface area (Å²) in [6, 6.07) is 24.7. The molecule has 0 unspecified atom stereocenters. The van der Waals surface area contributed by atoms with Crippen molar-refractivity contribution in [2.75, 3.05) is 4.90 Å². The van der Waals surface area contributed by atoms with E-state index >= 15 is 0 Å². The first-order chi connectivity index (χ1) is 17.8. The van der Waals surface area contributed by atoms with Crippen molar-refractivity contribution in [1.29, 1.82) is 0 Å². The molecule has 4 atom stereocenters. The van der Waals surface area contributed by atoms with Crippen molar-refractivity contribution in [3.05, 3.63) is 106 Å². The van der Waals surface area contributed by atoms with Gasteiger partial charge < -0.3 is 0 Å². The largest absolute Gasteiger partial charge is 0.298 e. The predicted octanol–water partition coefficient (Wildman–Crippen LogP) is 5.31. The normalized spacial score (nSPS) is 28.3. The topological polar surface area (TPSA) is 97.6 Å². The van der Waals surface area contributed by atoms with Gasteiger partial charge in [0.05, 0.1) is 33.3 Å². The lowest BCUT2D eigenvalue weighted by atomic mass is 9.62. The highest BCUT2D eigenvalue weighted by Crippen LogP contribution is 2.74. The fourth-order valence-corrected chi connectivity index (χ4v) is 7.11. The maximum absolute atomic E-state index is 14.4. The molecule has 1 saturated carbocycles. The van der Waals surface area contributed by atoms with Crippen molar-refractivity contribution in [2.24, 2.45) is 22.7 Å². The van der Waals surface area contributed by atoms with Crippen LogP contribution in [0.3, 0.4) is 0 Å². The van der Waals surface area contributed by atoms with Gasteiger partial charge in [0.2, 0.25) is 11.8 Å². The number of rotatable bonds is 5. The van der Waals surface area contributed by atoms with Crippen LogP contribution in [0.5, 0.6) is 0 Å². The number of ketones is 1. The van der Waals surface area contributed by atoms with Crippen molar-refractivity contribution in [3.63, 3.8) is 0 Å². The number of imide groups is 1. The highest BCUT2D eigenvalue weighted by Gasteiger charge is 2.79. The average molecular weight is 493 g/mol. The molecule has 2 aliphatic carbocycles. The van der Waals surface area contributed by atoms with Gasteiger partial charge in [0, 0.05) is 12.1 Å². The summed E-state index contributed by atoms with van der Waals surface area (Å²) < 4.78 is 0. The van der Waals surface area contributed by atoms with E-state index in [1.165, 1.54) is 24.3 Å². The molecular formula is C30H24N2O5. The van der Waals surface area contributed by atoms with Gasteiger partial charge in [-0.3, -0.25) is 24.5 Å². The van der Waals surface area contributed by atoms with Gasteiger partial charge in [-0.05, 0) is 47.8 Å². The zero-order valence-corrected chi connectivity index (χ0v) is 20.4. The van der Waals surface area contributed by atoms with E-state index in [-0.39, 0.29) is 17.2 Å². The average Bonchev–Trinajstić information content (AvgIpc) is 3.39. The number of fused-ring (bicyclic) bond motifs is 5. The SMILES string of the molecule is CC[C@@]12C(=O)[C@@](C)(C(c3ccccc3)=C1c1ccccc1)[C@@H]1C(=O)N(c3ccc([N+](=O)[O-])cc3)C(=O)[C@@H]12. The van der Waals surface area contributed by atoms with Gasteiger partial charge in [-0.25, -0.2) is 4.90 Å². The molecular weight excluding hydrogens is 468 g/mol. The molecule has 2 bridgehead atoms. The zero-order valence-electron chi connectivity index (χ0n) is 20.4. The minimum absolute atomic E-state index is 0.0831. The number of anilines is 1. The highest BCUT2D eigenvalue weighted by molar-refractivity contribution is 6.34. The fraction of sp³-hybridized carbons (Fsp3) is 0.233. The van der Waals surface area contributed by atoms with Gasteiger partial charge in [-0.1, -0.05) is 67.6 Å². The van der Waals surface area contributed by atoms with Gasteiger partial charge >= 0.3 is 0 Å². The van der Waals surface area contributed by atoms with Crippen molar-refractivity contribution in [2.45, 2.75) is 20.3 Å². The Morgan fingerprint density at radius 3 is 1.81 bits per heavy atom. The van der Waals surface area contributed by atoms with Crippen molar-refractivity contribution in [1.82, 2.24) is 0 Å². The summed E-state index contributed by atoms with van der Waals surface area (Å²) >= 11 is 0. The number of benzene rings is 3. The number of carbonyl (C=O) groups is 3. The van der Waals surface area contributed by atoms with E-state index in [1.54, 1.807) is 0 Å². The van der Waals surface area contributed by atoms with Crippen LogP contribution in [0.4, 0.5) is 11.4 Å². The van der Waals surface area contributed by atoms with Crippen LogP contribution in [0.1, 0.15) is 31.4 Å². The molecule has 1 heterocycles. The molecule has 0 spiro atoms. The van der Waals surface area contributed by atoms with Gasteiger partial charge in [0.15, 0.2) is 5.78 Å². The lowest BCUT2D eigenvalue weighted by Gasteiger charge is -2.37. The number of allylic oxidation sites excluding steroid dienone is 2. The van der Waals surface area contributed by atoms with Crippen LogP contribution in [0, 0.1) is 32.8 Å². The smallest absolute Gasteiger partial charge is 0.269 e. The maximum Gasteiger partial charge on any atom is 0.269 e. The summed E-state index contributed by atoms with van der Waals surface area (Å²) in [6.07, 6.45) is 0.371. The van der Waals surface area contributed by atoms with Gasteiger partial charge in [0.1, 0.15) is 0 Å². The number of hydrogen-bond donors (Lipinski definition) is 0. The van der Waals surface area contributed by atoms with E-state index in [9.17, 15) is 24.5 Å². The number of amides is 2. The number of non-ortho nitro benzene ring substituents is 1. The van der Waals surface area contributed by atoms with Crippen LogP contribution in [0.15, 0.2) is 84.9 Å². The third-order valence-corrected chi connectivity index (χ3v) is 8.55. The molecule has 3 aromatic rings. The first-order valence-corrected chi connectivity index (χ1v) is 12.3. The van der Waals surface area contributed by atoms with Crippen LogP contribution in [0.2, 0.25) is 0 Å². The van der Waals surface area contributed by atoms with E-state index < -0.39 is 39.4 Å². The Morgan fingerprint density at radius 1 is 0.784 bits per heavy atom. The summed E-state index contributed by atoms with van der Waals surface area (Å²) in [5, 5.41) is 11.1. The number of nitro groups is 1. The Morgan fingerprint density at radius 2 is 1.30 bits per heavy atom. The molecule has 6 rings (SSSR count). The summed E-state index contributed by atoms with van der Waals surface area (Å²) in [7, 11) is 0. The van der Waals surface area contributed by atoms with Gasteiger partial charge in [0.25, 0.3) is 5.69 Å². The minimum Gasteiger partial charge on any atom is -0.298 e. The maximum atomic E-state index is 14.4. The molecule has 2 fully saturated rings. The first-order valence-electron chi connectivity index (χ1n) is 12.3. The predicted molar refractivity (Wildman–Crippen MR) is 138 cm³/mol. The Kier molecular flexibility index (Phi) is 4.86. The summed E-state index contributed by atoms with van der Waals surface area (Å²) in [5.41, 5.74) is 1.15. The lowest BCUT2D eigenvalue weighted by molar-refractivity contribution is -0.384. The van der Waals surface area contributed by atoms with E-state index in [2.05, 4.69) is 0 Å². The Bertz CT molecular complexity index is 1510. The second-order valence-electron chi connectivity index (χ2n) is 10.1. The van der Waals surface area contributed by atoms with Crippen LogP contribution in [-0.2, 0) is 14.4 Å². The van der Waals surface area contributed by atoms with Crippen LogP contribution < -0.4 is 4.90 Å². The van der Waals surface area contributed by atoms with E-state index in [0.29, 0.717) is 6.42 Å². The number of nitrogens with zero attached hydrogens (tertiary/aromatic N) is 2. The zero-order chi connectivity index (χ0) is 26.1. The number of nitro benzene ring substituents is 1. The molecule has 0 N–H and O–H groups in total. The lowest BCUT2D eigenvalue weighted by Crippen LogP contribution is -2.41.